The summed E-state index contributed by atoms with van der Waals surface area (Å²) in [7, 11) is 0. The van der Waals surface area contributed by atoms with Gasteiger partial charge in [0.1, 0.15) is 0 Å². The van der Waals surface area contributed by atoms with Crippen LogP contribution in [-0.4, -0.2) is 4.98 Å². The fraction of sp³-hybridized carbons (Fsp3) is 0.105. The van der Waals surface area contributed by atoms with E-state index in [2.05, 4.69) is 54.7 Å². The van der Waals surface area contributed by atoms with Crippen molar-refractivity contribution in [3.63, 3.8) is 0 Å². The van der Waals surface area contributed by atoms with E-state index < -0.39 is 0 Å². The molecule has 0 unspecified atom stereocenters. The van der Waals surface area contributed by atoms with Gasteiger partial charge in [-0.15, -0.1) is 0 Å². The Morgan fingerprint density at radius 1 is 0.810 bits per heavy atom. The maximum absolute atomic E-state index is 4.71. The first kappa shape index (κ1) is 13.4. The first-order valence-corrected chi connectivity index (χ1v) is 7.13. The van der Waals surface area contributed by atoms with Crippen molar-refractivity contribution in [1.29, 1.82) is 0 Å². The highest BCUT2D eigenvalue weighted by atomic mass is 14.9. The molecule has 0 saturated heterocycles. The van der Waals surface area contributed by atoms with Crippen LogP contribution in [0.15, 0.2) is 72.8 Å². The minimum absolute atomic E-state index is 0.726. The first-order valence-electron chi connectivity index (χ1n) is 7.13. The van der Waals surface area contributed by atoms with Gasteiger partial charge in [-0.2, -0.15) is 0 Å². The van der Waals surface area contributed by atoms with Crippen molar-refractivity contribution < 1.29 is 0 Å². The molecule has 3 rings (SSSR count). The predicted octanol–water partition coefficient (Wildman–Crippen LogP) is 4.67. The Hall–Kier alpha value is -2.61. The highest BCUT2D eigenvalue weighted by molar-refractivity contribution is 5.58. The lowest BCUT2D eigenvalue weighted by Crippen LogP contribution is -2.02. The number of hydrogen-bond acceptors (Lipinski definition) is 2. The summed E-state index contributed by atoms with van der Waals surface area (Å²) in [6.45, 7) is 2.82. The topological polar surface area (TPSA) is 24.9 Å². The fourth-order valence-electron chi connectivity index (χ4n) is 2.21. The monoisotopic (exact) mass is 274 g/mol. The van der Waals surface area contributed by atoms with Crippen LogP contribution in [0, 0.1) is 6.92 Å². The minimum Gasteiger partial charge on any atom is -0.379 e. The molecule has 0 atom stereocenters. The number of benzene rings is 2. The molecule has 104 valence electrons. The van der Waals surface area contributed by atoms with Crippen molar-refractivity contribution in [2.24, 2.45) is 0 Å². The van der Waals surface area contributed by atoms with Crippen molar-refractivity contribution in [1.82, 2.24) is 4.98 Å². The first-order chi connectivity index (χ1) is 10.3. The van der Waals surface area contributed by atoms with Gasteiger partial charge >= 0.3 is 0 Å². The second-order valence-electron chi connectivity index (χ2n) is 5.10. The molecule has 0 saturated carbocycles. The van der Waals surface area contributed by atoms with Crippen LogP contribution in [0.25, 0.3) is 11.3 Å². The summed E-state index contributed by atoms with van der Waals surface area (Å²) in [6.07, 6.45) is 0. The van der Waals surface area contributed by atoms with Crippen LogP contribution in [0.4, 0.5) is 5.69 Å². The van der Waals surface area contributed by atoms with Gasteiger partial charge in [-0.3, -0.25) is 4.98 Å². The van der Waals surface area contributed by atoms with Crippen LogP contribution in [0.3, 0.4) is 0 Å². The molecule has 21 heavy (non-hydrogen) atoms. The number of nitrogens with zero attached hydrogens (tertiary/aromatic N) is 1. The van der Waals surface area contributed by atoms with Crippen LogP contribution < -0.4 is 5.32 Å². The molecule has 0 aliphatic heterocycles. The van der Waals surface area contributed by atoms with Gasteiger partial charge in [0.2, 0.25) is 0 Å². The number of hydrogen-bond donors (Lipinski definition) is 1. The summed E-state index contributed by atoms with van der Waals surface area (Å²) >= 11 is 0. The zero-order valence-electron chi connectivity index (χ0n) is 12.1. The van der Waals surface area contributed by atoms with E-state index in [-0.39, 0.29) is 0 Å². The Bertz CT molecular complexity index is 703. The van der Waals surface area contributed by atoms with Crippen molar-refractivity contribution in [2.45, 2.75) is 13.5 Å². The molecule has 0 radical (unpaired) electrons. The number of anilines is 1. The summed E-state index contributed by atoms with van der Waals surface area (Å²) in [6, 6.07) is 24.8. The number of rotatable bonds is 4. The maximum Gasteiger partial charge on any atom is 0.0706 e. The molecule has 2 nitrogen and oxygen atoms in total. The van der Waals surface area contributed by atoms with Gasteiger partial charge in [-0.1, -0.05) is 54.1 Å². The van der Waals surface area contributed by atoms with Crippen molar-refractivity contribution in [3.05, 3.63) is 84.1 Å². The van der Waals surface area contributed by atoms with E-state index in [0.29, 0.717) is 0 Å². The number of aromatic nitrogens is 1. The molecule has 2 heteroatoms. The zero-order chi connectivity index (χ0) is 14.5. The van der Waals surface area contributed by atoms with E-state index in [0.717, 1.165) is 29.2 Å². The van der Waals surface area contributed by atoms with E-state index >= 15 is 0 Å². The smallest absolute Gasteiger partial charge is 0.0706 e. The molecule has 0 amide bonds. The van der Waals surface area contributed by atoms with E-state index in [9.17, 15) is 0 Å². The van der Waals surface area contributed by atoms with Gasteiger partial charge in [0.15, 0.2) is 0 Å². The second-order valence-corrected chi connectivity index (χ2v) is 5.10. The lowest BCUT2D eigenvalue weighted by molar-refractivity contribution is 1.05. The Balaban J connectivity index is 1.73. The third-order valence-electron chi connectivity index (χ3n) is 3.40. The molecule has 0 aliphatic carbocycles. The quantitative estimate of drug-likeness (QED) is 0.748. The molecule has 0 aliphatic rings. The second kappa shape index (κ2) is 6.23. The van der Waals surface area contributed by atoms with Gasteiger partial charge in [0, 0.05) is 11.3 Å². The van der Waals surface area contributed by atoms with Crippen molar-refractivity contribution in [3.8, 4) is 11.3 Å². The summed E-state index contributed by atoms with van der Waals surface area (Å²) < 4.78 is 0. The molecule has 1 N–H and O–H groups in total. The average molecular weight is 274 g/mol. The largest absolute Gasteiger partial charge is 0.379 e. The van der Waals surface area contributed by atoms with Gasteiger partial charge in [0.05, 0.1) is 17.9 Å². The summed E-state index contributed by atoms with van der Waals surface area (Å²) in [5, 5.41) is 3.40. The molecule has 0 fully saturated rings. The molecule has 2 aromatic carbocycles. The van der Waals surface area contributed by atoms with Gasteiger partial charge in [-0.05, 0) is 31.2 Å². The molecule has 3 aromatic rings. The normalized spacial score (nSPS) is 10.3. The van der Waals surface area contributed by atoms with E-state index in [1.165, 1.54) is 5.56 Å². The summed E-state index contributed by atoms with van der Waals surface area (Å²) in [5.41, 5.74) is 5.59. The average Bonchev–Trinajstić information content (AvgIpc) is 2.55. The van der Waals surface area contributed by atoms with Crippen LogP contribution >= 0.6 is 0 Å². The lowest BCUT2D eigenvalue weighted by Gasteiger charge is -2.08. The van der Waals surface area contributed by atoms with Crippen molar-refractivity contribution in [2.75, 3.05) is 5.32 Å². The number of pyridine rings is 1. The third kappa shape index (κ3) is 3.48. The lowest BCUT2D eigenvalue weighted by atomic mass is 10.1. The fourth-order valence-corrected chi connectivity index (χ4v) is 2.21. The molecule has 0 spiro atoms. The maximum atomic E-state index is 4.71. The molecule has 1 aromatic heterocycles. The van der Waals surface area contributed by atoms with Crippen molar-refractivity contribution >= 4 is 5.69 Å². The number of nitrogens with one attached hydrogen (secondary N) is 1. The zero-order valence-corrected chi connectivity index (χ0v) is 12.1. The number of aryl methyl sites for hydroxylation is 1. The summed E-state index contributed by atoms with van der Waals surface area (Å²) in [4.78, 5) is 4.71. The Labute approximate surface area is 125 Å². The Kier molecular flexibility index (Phi) is 3.97. The SMILES string of the molecule is Cc1ccc(NCc2cccc(-c3ccccc3)n2)cc1. The van der Waals surface area contributed by atoms with Crippen LogP contribution in [0.5, 0.6) is 0 Å². The van der Waals surface area contributed by atoms with E-state index in [4.69, 9.17) is 4.98 Å². The van der Waals surface area contributed by atoms with Gasteiger partial charge < -0.3 is 5.32 Å². The predicted molar refractivity (Wildman–Crippen MR) is 88.2 cm³/mol. The van der Waals surface area contributed by atoms with Gasteiger partial charge in [0.25, 0.3) is 0 Å². The standard InChI is InChI=1S/C19H18N2/c1-15-10-12-17(13-11-15)20-14-18-8-5-9-19(21-18)16-6-3-2-4-7-16/h2-13,20H,14H2,1H3. The third-order valence-corrected chi connectivity index (χ3v) is 3.40. The molecule has 0 bridgehead atoms. The van der Waals surface area contributed by atoms with Crippen LogP contribution in [-0.2, 0) is 6.54 Å². The summed E-state index contributed by atoms with van der Waals surface area (Å²) in [5.74, 6) is 0. The van der Waals surface area contributed by atoms with Gasteiger partial charge in [-0.25, -0.2) is 0 Å². The van der Waals surface area contributed by atoms with E-state index in [1.807, 2.05) is 30.3 Å². The molecule has 1 heterocycles. The Morgan fingerprint density at radius 2 is 1.57 bits per heavy atom. The highest BCUT2D eigenvalue weighted by Gasteiger charge is 2.00. The Morgan fingerprint density at radius 3 is 2.33 bits per heavy atom. The molecular formula is C19H18N2. The van der Waals surface area contributed by atoms with Crippen LogP contribution in [0.2, 0.25) is 0 Å². The highest BCUT2D eigenvalue weighted by Crippen LogP contribution is 2.17. The van der Waals surface area contributed by atoms with Crippen LogP contribution in [0.1, 0.15) is 11.3 Å². The van der Waals surface area contributed by atoms with E-state index in [1.54, 1.807) is 0 Å². The molecular weight excluding hydrogens is 256 g/mol. The minimum atomic E-state index is 0.726.